The SMILES string of the molecule is CC(C)OC(=O)c1nc(-c2cccc(Cl)c2)nc2ccccc12. The molecule has 23 heavy (non-hydrogen) atoms. The second-order valence-electron chi connectivity index (χ2n) is 5.38. The highest BCUT2D eigenvalue weighted by Gasteiger charge is 2.18. The molecule has 0 saturated heterocycles. The van der Waals surface area contributed by atoms with Gasteiger partial charge in [0, 0.05) is 16.0 Å². The van der Waals surface area contributed by atoms with Crippen molar-refractivity contribution in [1.82, 2.24) is 9.97 Å². The highest BCUT2D eigenvalue weighted by molar-refractivity contribution is 6.30. The van der Waals surface area contributed by atoms with Crippen LogP contribution in [0.4, 0.5) is 0 Å². The minimum absolute atomic E-state index is 0.217. The molecule has 0 unspecified atom stereocenters. The first-order valence-electron chi connectivity index (χ1n) is 7.28. The van der Waals surface area contributed by atoms with E-state index in [-0.39, 0.29) is 11.8 Å². The molecule has 0 aliphatic carbocycles. The number of para-hydroxylation sites is 1. The van der Waals surface area contributed by atoms with Crippen LogP contribution in [0.25, 0.3) is 22.3 Å². The van der Waals surface area contributed by atoms with Crippen molar-refractivity contribution in [3.05, 3.63) is 59.2 Å². The third-order valence-corrected chi connectivity index (χ3v) is 3.46. The van der Waals surface area contributed by atoms with Crippen LogP contribution in [-0.2, 0) is 4.74 Å². The molecular formula is C18H15ClN2O2. The van der Waals surface area contributed by atoms with Crippen LogP contribution >= 0.6 is 11.6 Å². The first-order chi connectivity index (χ1) is 11.0. The predicted molar refractivity (Wildman–Crippen MR) is 90.5 cm³/mol. The van der Waals surface area contributed by atoms with Crippen LogP contribution in [0.15, 0.2) is 48.5 Å². The lowest BCUT2D eigenvalue weighted by Gasteiger charge is -2.11. The van der Waals surface area contributed by atoms with Crippen LogP contribution in [0.2, 0.25) is 5.02 Å². The van der Waals surface area contributed by atoms with E-state index < -0.39 is 5.97 Å². The van der Waals surface area contributed by atoms with Crippen molar-refractivity contribution in [2.75, 3.05) is 0 Å². The summed E-state index contributed by atoms with van der Waals surface area (Å²) in [4.78, 5) is 21.3. The van der Waals surface area contributed by atoms with Gasteiger partial charge >= 0.3 is 5.97 Å². The molecular weight excluding hydrogens is 312 g/mol. The Morgan fingerprint density at radius 3 is 2.61 bits per heavy atom. The number of hydrogen-bond donors (Lipinski definition) is 0. The van der Waals surface area contributed by atoms with E-state index in [0.717, 1.165) is 5.56 Å². The molecule has 3 rings (SSSR count). The van der Waals surface area contributed by atoms with E-state index in [9.17, 15) is 4.79 Å². The van der Waals surface area contributed by atoms with E-state index in [2.05, 4.69) is 9.97 Å². The Bertz CT molecular complexity index is 878. The fraction of sp³-hybridized carbons (Fsp3) is 0.167. The van der Waals surface area contributed by atoms with Gasteiger partial charge in [-0.25, -0.2) is 14.8 Å². The molecule has 1 heterocycles. The summed E-state index contributed by atoms with van der Waals surface area (Å²) in [5.41, 5.74) is 1.70. The molecule has 4 nitrogen and oxygen atoms in total. The topological polar surface area (TPSA) is 52.1 Å². The number of rotatable bonds is 3. The van der Waals surface area contributed by atoms with Crippen molar-refractivity contribution in [2.24, 2.45) is 0 Å². The summed E-state index contributed by atoms with van der Waals surface area (Å²) >= 11 is 6.04. The zero-order valence-electron chi connectivity index (χ0n) is 12.8. The lowest BCUT2D eigenvalue weighted by Crippen LogP contribution is -2.14. The minimum atomic E-state index is -0.457. The highest BCUT2D eigenvalue weighted by Crippen LogP contribution is 2.24. The van der Waals surface area contributed by atoms with Gasteiger partial charge in [-0.1, -0.05) is 41.9 Å². The number of fused-ring (bicyclic) bond motifs is 1. The lowest BCUT2D eigenvalue weighted by molar-refractivity contribution is 0.0373. The second kappa shape index (κ2) is 6.34. The molecule has 0 amide bonds. The van der Waals surface area contributed by atoms with Crippen molar-refractivity contribution < 1.29 is 9.53 Å². The quantitative estimate of drug-likeness (QED) is 0.664. The molecule has 2 aromatic carbocycles. The number of aromatic nitrogens is 2. The fourth-order valence-corrected chi connectivity index (χ4v) is 2.45. The first kappa shape index (κ1) is 15.4. The maximum absolute atomic E-state index is 12.4. The van der Waals surface area contributed by atoms with Crippen molar-refractivity contribution in [1.29, 1.82) is 0 Å². The Balaban J connectivity index is 2.19. The number of halogens is 1. The largest absolute Gasteiger partial charge is 0.458 e. The summed E-state index contributed by atoms with van der Waals surface area (Å²) in [7, 11) is 0. The van der Waals surface area contributed by atoms with Crippen LogP contribution < -0.4 is 0 Å². The van der Waals surface area contributed by atoms with Crippen LogP contribution in [-0.4, -0.2) is 22.0 Å². The number of esters is 1. The number of hydrogen-bond acceptors (Lipinski definition) is 4. The molecule has 0 atom stereocenters. The zero-order chi connectivity index (χ0) is 16.4. The Kier molecular flexibility index (Phi) is 4.26. The van der Waals surface area contributed by atoms with Crippen molar-refractivity contribution in [2.45, 2.75) is 20.0 Å². The molecule has 1 aromatic heterocycles. The van der Waals surface area contributed by atoms with Crippen molar-refractivity contribution in [3.63, 3.8) is 0 Å². The van der Waals surface area contributed by atoms with E-state index in [0.29, 0.717) is 21.7 Å². The van der Waals surface area contributed by atoms with Gasteiger partial charge in [0.15, 0.2) is 11.5 Å². The van der Waals surface area contributed by atoms with Crippen LogP contribution in [0, 0.1) is 0 Å². The molecule has 0 saturated carbocycles. The lowest BCUT2D eigenvalue weighted by atomic mass is 10.1. The van der Waals surface area contributed by atoms with E-state index in [1.54, 1.807) is 26.0 Å². The van der Waals surface area contributed by atoms with Crippen LogP contribution in [0.3, 0.4) is 0 Å². The summed E-state index contributed by atoms with van der Waals surface area (Å²) < 4.78 is 5.30. The van der Waals surface area contributed by atoms with Crippen LogP contribution in [0.1, 0.15) is 24.3 Å². The molecule has 0 radical (unpaired) electrons. The Morgan fingerprint density at radius 2 is 1.87 bits per heavy atom. The molecule has 0 aliphatic rings. The molecule has 0 bridgehead atoms. The number of ether oxygens (including phenoxy) is 1. The van der Waals surface area contributed by atoms with Crippen molar-refractivity contribution >= 4 is 28.5 Å². The monoisotopic (exact) mass is 326 g/mol. The van der Waals surface area contributed by atoms with E-state index >= 15 is 0 Å². The normalized spacial score (nSPS) is 11.0. The zero-order valence-corrected chi connectivity index (χ0v) is 13.5. The Hall–Kier alpha value is -2.46. The smallest absolute Gasteiger partial charge is 0.357 e. The van der Waals surface area contributed by atoms with Gasteiger partial charge in [0.25, 0.3) is 0 Å². The maximum Gasteiger partial charge on any atom is 0.357 e. The maximum atomic E-state index is 12.4. The minimum Gasteiger partial charge on any atom is -0.458 e. The molecule has 116 valence electrons. The molecule has 0 N–H and O–H groups in total. The van der Waals surface area contributed by atoms with E-state index in [1.165, 1.54) is 0 Å². The second-order valence-corrected chi connectivity index (χ2v) is 5.81. The van der Waals surface area contributed by atoms with Gasteiger partial charge < -0.3 is 4.74 Å². The fourth-order valence-electron chi connectivity index (χ4n) is 2.26. The highest BCUT2D eigenvalue weighted by atomic mass is 35.5. The average Bonchev–Trinajstić information content (AvgIpc) is 2.53. The van der Waals surface area contributed by atoms with Gasteiger partial charge in [0.1, 0.15) is 0 Å². The summed E-state index contributed by atoms with van der Waals surface area (Å²) in [6, 6.07) is 14.6. The summed E-state index contributed by atoms with van der Waals surface area (Å²) in [5.74, 6) is -0.0104. The van der Waals surface area contributed by atoms with Gasteiger partial charge in [-0.2, -0.15) is 0 Å². The van der Waals surface area contributed by atoms with Gasteiger partial charge in [0.05, 0.1) is 11.6 Å². The Morgan fingerprint density at radius 1 is 1.09 bits per heavy atom. The van der Waals surface area contributed by atoms with E-state index in [1.807, 2.05) is 36.4 Å². The average molecular weight is 327 g/mol. The van der Waals surface area contributed by atoms with Crippen molar-refractivity contribution in [3.8, 4) is 11.4 Å². The predicted octanol–water partition coefficient (Wildman–Crippen LogP) is 4.52. The van der Waals surface area contributed by atoms with E-state index in [4.69, 9.17) is 16.3 Å². The number of nitrogens with zero attached hydrogens (tertiary/aromatic N) is 2. The summed E-state index contributed by atoms with van der Waals surface area (Å²) in [6.45, 7) is 3.61. The van der Waals surface area contributed by atoms with Crippen LogP contribution in [0.5, 0.6) is 0 Å². The molecule has 0 aliphatic heterocycles. The molecule has 0 spiro atoms. The number of benzene rings is 2. The van der Waals surface area contributed by atoms with Gasteiger partial charge in [0.2, 0.25) is 0 Å². The number of carbonyl (C=O) groups excluding carboxylic acids is 1. The van der Waals surface area contributed by atoms with Gasteiger partial charge in [-0.05, 0) is 32.0 Å². The third-order valence-electron chi connectivity index (χ3n) is 3.22. The number of carbonyl (C=O) groups is 1. The standard InChI is InChI=1S/C18H15ClN2O2/c1-11(2)23-18(22)16-14-8-3-4-9-15(14)20-17(21-16)12-6-5-7-13(19)10-12/h3-11H,1-2H3. The first-order valence-corrected chi connectivity index (χ1v) is 7.66. The Labute approximate surface area is 139 Å². The third kappa shape index (κ3) is 3.32. The van der Waals surface area contributed by atoms with Gasteiger partial charge in [-0.15, -0.1) is 0 Å². The molecule has 0 fully saturated rings. The molecule has 3 aromatic rings. The summed E-state index contributed by atoms with van der Waals surface area (Å²) in [6.07, 6.45) is -0.217. The van der Waals surface area contributed by atoms with Gasteiger partial charge in [-0.3, -0.25) is 0 Å². The summed E-state index contributed by atoms with van der Waals surface area (Å²) in [5, 5.41) is 1.26. The molecule has 5 heteroatoms.